The van der Waals surface area contributed by atoms with Crippen molar-refractivity contribution in [3.05, 3.63) is 58.1 Å². The van der Waals surface area contributed by atoms with Gasteiger partial charge in [0.05, 0.1) is 4.47 Å². The summed E-state index contributed by atoms with van der Waals surface area (Å²) in [5, 5.41) is 2.74. The van der Waals surface area contributed by atoms with Gasteiger partial charge < -0.3 is 10.1 Å². The van der Waals surface area contributed by atoms with Gasteiger partial charge in [0.15, 0.2) is 6.61 Å². The fourth-order valence-electron chi connectivity index (χ4n) is 2.25. The molecule has 154 valence electrons. The van der Waals surface area contributed by atoms with Gasteiger partial charge in [-0.2, -0.15) is 0 Å². The number of hydrogen-bond donors (Lipinski definition) is 3. The topological polar surface area (TPSA) is 96.5 Å². The molecule has 2 aromatic rings. The molecule has 7 nitrogen and oxygen atoms in total. The number of hydrogen-bond acceptors (Lipinski definition) is 4. The zero-order chi connectivity index (χ0) is 21.4. The Labute approximate surface area is 178 Å². The number of carbonyl (C=O) groups is 3. The van der Waals surface area contributed by atoms with E-state index < -0.39 is 11.8 Å². The zero-order valence-corrected chi connectivity index (χ0v) is 18.1. The number of halogens is 1. The maximum atomic E-state index is 12.1. The number of hydrazine groups is 1. The number of ether oxygens (including phenoxy) is 1. The maximum Gasteiger partial charge on any atom is 0.276 e. The minimum Gasteiger partial charge on any atom is -0.483 e. The summed E-state index contributed by atoms with van der Waals surface area (Å²) >= 11 is 3.41. The average Bonchev–Trinajstić information content (AvgIpc) is 2.71. The highest BCUT2D eigenvalue weighted by atomic mass is 79.9. The van der Waals surface area contributed by atoms with Crippen LogP contribution in [0, 0.1) is 5.92 Å². The third kappa shape index (κ3) is 6.90. The van der Waals surface area contributed by atoms with E-state index in [4.69, 9.17) is 4.74 Å². The number of aryl methyl sites for hydroxylation is 1. The first-order valence-corrected chi connectivity index (χ1v) is 10.0. The van der Waals surface area contributed by atoms with E-state index in [1.807, 2.05) is 19.1 Å². The van der Waals surface area contributed by atoms with Crippen molar-refractivity contribution in [2.24, 2.45) is 5.92 Å². The molecule has 2 aromatic carbocycles. The third-order valence-electron chi connectivity index (χ3n) is 4.02. The molecule has 29 heavy (non-hydrogen) atoms. The van der Waals surface area contributed by atoms with Crippen LogP contribution >= 0.6 is 15.9 Å². The van der Waals surface area contributed by atoms with Gasteiger partial charge >= 0.3 is 0 Å². The molecule has 0 fully saturated rings. The molecule has 0 atom stereocenters. The van der Waals surface area contributed by atoms with E-state index in [1.54, 1.807) is 44.2 Å². The van der Waals surface area contributed by atoms with E-state index in [0.29, 0.717) is 17.0 Å². The molecule has 0 aliphatic heterocycles. The van der Waals surface area contributed by atoms with Gasteiger partial charge in [-0.1, -0.05) is 26.8 Å². The first-order valence-electron chi connectivity index (χ1n) is 9.21. The van der Waals surface area contributed by atoms with Crippen LogP contribution < -0.4 is 20.9 Å². The van der Waals surface area contributed by atoms with Gasteiger partial charge in [0.1, 0.15) is 5.75 Å². The van der Waals surface area contributed by atoms with E-state index in [-0.39, 0.29) is 18.4 Å². The maximum absolute atomic E-state index is 12.1. The third-order valence-corrected chi connectivity index (χ3v) is 4.64. The SMILES string of the molecule is CCc1ccc(OCC(=O)NNC(=O)c2ccc(NC(=O)C(C)C)cc2)c(Br)c1. The average molecular weight is 462 g/mol. The Morgan fingerprint density at radius 3 is 2.31 bits per heavy atom. The summed E-state index contributed by atoms with van der Waals surface area (Å²) in [6, 6.07) is 12.0. The highest BCUT2D eigenvalue weighted by Gasteiger charge is 2.11. The molecule has 2 rings (SSSR count). The fourth-order valence-corrected chi connectivity index (χ4v) is 2.79. The Morgan fingerprint density at radius 2 is 1.72 bits per heavy atom. The van der Waals surface area contributed by atoms with Crippen LogP contribution in [0.1, 0.15) is 36.7 Å². The van der Waals surface area contributed by atoms with Crippen molar-refractivity contribution in [2.45, 2.75) is 27.2 Å². The van der Waals surface area contributed by atoms with Crippen LogP contribution in [0.5, 0.6) is 5.75 Å². The predicted molar refractivity (Wildman–Crippen MR) is 115 cm³/mol. The first-order chi connectivity index (χ1) is 13.8. The summed E-state index contributed by atoms with van der Waals surface area (Å²) < 4.78 is 6.22. The van der Waals surface area contributed by atoms with Gasteiger partial charge in [-0.25, -0.2) is 0 Å². The molecule has 0 saturated heterocycles. The second-order valence-electron chi connectivity index (χ2n) is 6.63. The number of nitrogens with one attached hydrogen (secondary N) is 3. The molecule has 0 aliphatic carbocycles. The highest BCUT2D eigenvalue weighted by Crippen LogP contribution is 2.26. The van der Waals surface area contributed by atoms with Crippen LogP contribution in [0.3, 0.4) is 0 Å². The van der Waals surface area contributed by atoms with Crippen LogP contribution in [0.2, 0.25) is 0 Å². The van der Waals surface area contributed by atoms with E-state index in [1.165, 1.54) is 0 Å². The fraction of sp³-hybridized carbons (Fsp3) is 0.286. The normalized spacial score (nSPS) is 10.4. The van der Waals surface area contributed by atoms with Crippen molar-refractivity contribution in [1.29, 1.82) is 0 Å². The number of anilines is 1. The lowest BCUT2D eigenvalue weighted by Crippen LogP contribution is -2.43. The minimum atomic E-state index is -0.495. The lowest BCUT2D eigenvalue weighted by atomic mass is 10.1. The van der Waals surface area contributed by atoms with Crippen LogP contribution in [0.4, 0.5) is 5.69 Å². The smallest absolute Gasteiger partial charge is 0.276 e. The molecule has 0 radical (unpaired) electrons. The predicted octanol–water partition coefficient (Wildman–Crippen LogP) is 3.45. The number of carbonyl (C=O) groups excluding carboxylic acids is 3. The minimum absolute atomic E-state index is 0.106. The van der Waals surface area contributed by atoms with Crippen molar-refractivity contribution < 1.29 is 19.1 Å². The molecule has 0 heterocycles. The summed E-state index contributed by atoms with van der Waals surface area (Å²) in [7, 11) is 0. The largest absolute Gasteiger partial charge is 0.483 e. The summed E-state index contributed by atoms with van der Waals surface area (Å²) in [5.41, 5.74) is 6.72. The highest BCUT2D eigenvalue weighted by molar-refractivity contribution is 9.10. The Bertz CT molecular complexity index is 882. The van der Waals surface area contributed by atoms with E-state index in [0.717, 1.165) is 16.5 Å². The molecule has 0 spiro atoms. The van der Waals surface area contributed by atoms with Crippen molar-refractivity contribution in [3.8, 4) is 5.75 Å². The zero-order valence-electron chi connectivity index (χ0n) is 16.5. The van der Waals surface area contributed by atoms with Crippen molar-refractivity contribution >= 4 is 39.3 Å². The molecular weight excluding hydrogens is 438 g/mol. The quantitative estimate of drug-likeness (QED) is 0.550. The molecule has 0 bridgehead atoms. The standard InChI is InChI=1S/C21H24BrN3O4/c1-4-14-5-10-18(17(22)11-14)29-12-19(26)24-25-21(28)15-6-8-16(9-7-15)23-20(27)13(2)3/h5-11,13H,4,12H2,1-3H3,(H,23,27)(H,24,26)(H,25,28). The van der Waals surface area contributed by atoms with Gasteiger partial charge in [0.25, 0.3) is 11.8 Å². The van der Waals surface area contributed by atoms with Gasteiger partial charge in [0.2, 0.25) is 5.91 Å². The second kappa shape index (κ2) is 10.6. The van der Waals surface area contributed by atoms with E-state index in [9.17, 15) is 14.4 Å². The van der Waals surface area contributed by atoms with Crippen LogP contribution in [0.25, 0.3) is 0 Å². The molecule has 3 N–H and O–H groups in total. The number of benzene rings is 2. The van der Waals surface area contributed by atoms with Crippen molar-refractivity contribution in [3.63, 3.8) is 0 Å². The van der Waals surface area contributed by atoms with Gasteiger partial charge in [0, 0.05) is 17.2 Å². The Morgan fingerprint density at radius 1 is 1.03 bits per heavy atom. The molecule has 0 saturated carbocycles. The van der Waals surface area contributed by atoms with E-state index >= 15 is 0 Å². The number of rotatable bonds is 7. The van der Waals surface area contributed by atoms with Crippen LogP contribution in [-0.4, -0.2) is 24.3 Å². The Balaban J connectivity index is 1.81. The summed E-state index contributed by atoms with van der Waals surface area (Å²) in [6.07, 6.45) is 0.899. The monoisotopic (exact) mass is 461 g/mol. The molecule has 0 aliphatic rings. The molecule has 3 amide bonds. The summed E-state index contributed by atoms with van der Waals surface area (Å²) in [6.45, 7) is 5.39. The summed E-state index contributed by atoms with van der Waals surface area (Å²) in [5.74, 6) is -0.673. The van der Waals surface area contributed by atoms with Crippen LogP contribution in [0.15, 0.2) is 46.9 Å². The molecule has 8 heteroatoms. The lowest BCUT2D eigenvalue weighted by Gasteiger charge is -2.11. The van der Waals surface area contributed by atoms with Crippen LogP contribution in [-0.2, 0) is 16.0 Å². The summed E-state index contributed by atoms with van der Waals surface area (Å²) in [4.78, 5) is 35.7. The Kier molecular flexibility index (Phi) is 8.21. The Hall–Kier alpha value is -2.87. The lowest BCUT2D eigenvalue weighted by molar-refractivity contribution is -0.124. The van der Waals surface area contributed by atoms with Gasteiger partial charge in [-0.15, -0.1) is 0 Å². The second-order valence-corrected chi connectivity index (χ2v) is 7.48. The van der Waals surface area contributed by atoms with Gasteiger partial charge in [-0.3, -0.25) is 25.2 Å². The van der Waals surface area contributed by atoms with Gasteiger partial charge in [-0.05, 0) is 64.3 Å². The van der Waals surface area contributed by atoms with E-state index in [2.05, 4.69) is 32.1 Å². The number of amides is 3. The molecular formula is C21H24BrN3O4. The first kappa shape index (κ1) is 22.4. The molecule has 0 aromatic heterocycles. The van der Waals surface area contributed by atoms with Crippen molar-refractivity contribution in [1.82, 2.24) is 10.9 Å². The van der Waals surface area contributed by atoms with Crippen molar-refractivity contribution in [2.75, 3.05) is 11.9 Å². The molecule has 0 unspecified atom stereocenters.